The van der Waals surface area contributed by atoms with Gasteiger partial charge < -0.3 is 20.3 Å². The van der Waals surface area contributed by atoms with Crippen LogP contribution in [0.3, 0.4) is 0 Å². The molecular formula is C23H28N6O4S. The molecule has 1 saturated heterocycles. The van der Waals surface area contributed by atoms with E-state index in [0.29, 0.717) is 49.6 Å². The van der Waals surface area contributed by atoms with Gasteiger partial charge in [0.25, 0.3) is 0 Å². The number of carbonyl (C=O) groups is 1. The fourth-order valence-corrected chi connectivity index (χ4v) is 6.45. The van der Waals surface area contributed by atoms with E-state index in [4.69, 9.17) is 4.74 Å². The molecular weight excluding hydrogens is 456 g/mol. The number of ketones is 1. The highest BCUT2D eigenvalue weighted by molar-refractivity contribution is 7.90. The molecule has 11 heteroatoms. The molecule has 4 aliphatic rings. The third-order valence-corrected chi connectivity index (χ3v) is 9.16. The molecule has 6 rings (SSSR count). The molecule has 3 fully saturated rings. The number of benzene rings is 1. The zero-order chi connectivity index (χ0) is 23.4. The molecule has 3 heterocycles. The van der Waals surface area contributed by atoms with E-state index in [1.54, 1.807) is 10.5 Å². The average molecular weight is 485 g/mol. The van der Waals surface area contributed by atoms with Gasteiger partial charge in [-0.1, -0.05) is 0 Å². The number of sulfonamides is 1. The number of fused-ring (bicyclic) bond motifs is 3. The number of rotatable bonds is 7. The number of anilines is 4. The number of hydrogen-bond acceptors (Lipinski definition) is 9. The summed E-state index contributed by atoms with van der Waals surface area (Å²) < 4.78 is 33.0. The quantitative estimate of drug-likeness (QED) is 0.571. The summed E-state index contributed by atoms with van der Waals surface area (Å²) in [4.78, 5) is 23.0. The highest BCUT2D eigenvalue weighted by Crippen LogP contribution is 2.39. The zero-order valence-corrected chi connectivity index (χ0v) is 19.8. The van der Waals surface area contributed by atoms with E-state index in [1.807, 2.05) is 18.2 Å². The molecule has 0 amide bonds. The number of ether oxygens (including phenoxy) is 1. The zero-order valence-electron chi connectivity index (χ0n) is 19.0. The van der Waals surface area contributed by atoms with Crippen LogP contribution in [-0.2, 0) is 10.0 Å². The maximum atomic E-state index is 12.7. The first-order valence-electron chi connectivity index (χ1n) is 11.8. The molecule has 2 aliphatic heterocycles. The first-order valence-corrected chi connectivity index (χ1v) is 13.3. The Morgan fingerprint density at radius 1 is 1.18 bits per heavy atom. The third-order valence-electron chi connectivity index (χ3n) is 6.79. The van der Waals surface area contributed by atoms with Crippen LogP contribution in [0, 0.1) is 0 Å². The summed E-state index contributed by atoms with van der Waals surface area (Å²) in [7, 11) is -3.17. The monoisotopic (exact) mass is 484 g/mol. The number of aromatic nitrogens is 2. The molecule has 0 unspecified atom stereocenters. The van der Waals surface area contributed by atoms with Gasteiger partial charge in [0.2, 0.25) is 16.0 Å². The van der Waals surface area contributed by atoms with Crippen LogP contribution in [0.15, 0.2) is 24.4 Å². The first kappa shape index (κ1) is 21.6. The normalized spacial score (nSPS) is 22.4. The van der Waals surface area contributed by atoms with Crippen LogP contribution in [-0.4, -0.2) is 72.0 Å². The Kier molecular flexibility index (Phi) is 5.14. The Morgan fingerprint density at radius 3 is 2.74 bits per heavy atom. The van der Waals surface area contributed by atoms with Crippen molar-refractivity contribution in [2.45, 2.75) is 49.9 Å². The SMILES string of the molecule is CC(=O)c1cnc(Nc2ccc3c(c2)OC[C@@H]2CN(S(=O)(=O)C4CC4)CCN32)nc1NC1CC1. The molecule has 10 nitrogen and oxygen atoms in total. The van der Waals surface area contributed by atoms with Crippen LogP contribution in [0.4, 0.5) is 23.1 Å². The van der Waals surface area contributed by atoms with Gasteiger partial charge in [-0.25, -0.2) is 13.4 Å². The van der Waals surface area contributed by atoms with Gasteiger partial charge in [-0.3, -0.25) is 4.79 Å². The van der Waals surface area contributed by atoms with Gasteiger partial charge in [0.05, 0.1) is 22.5 Å². The predicted octanol–water partition coefficient (Wildman–Crippen LogP) is 2.37. The van der Waals surface area contributed by atoms with Crippen molar-refractivity contribution < 1.29 is 17.9 Å². The Labute approximate surface area is 198 Å². The molecule has 2 aromatic rings. The van der Waals surface area contributed by atoms with Crippen molar-refractivity contribution in [3.8, 4) is 5.75 Å². The molecule has 180 valence electrons. The number of nitrogens with one attached hydrogen (secondary N) is 2. The Bertz CT molecular complexity index is 1240. The molecule has 1 aromatic carbocycles. The minimum absolute atomic E-state index is 0.00657. The lowest BCUT2D eigenvalue weighted by Gasteiger charge is -2.45. The molecule has 0 spiro atoms. The Balaban J connectivity index is 1.18. The lowest BCUT2D eigenvalue weighted by atomic mass is 10.1. The summed E-state index contributed by atoms with van der Waals surface area (Å²) in [5.74, 6) is 1.64. The van der Waals surface area contributed by atoms with Gasteiger partial charge in [-0.05, 0) is 44.7 Å². The fraction of sp³-hybridized carbons (Fsp3) is 0.522. The van der Waals surface area contributed by atoms with E-state index in [-0.39, 0.29) is 17.1 Å². The van der Waals surface area contributed by atoms with Crippen LogP contribution in [0.1, 0.15) is 43.0 Å². The Morgan fingerprint density at radius 2 is 2.00 bits per heavy atom. The second-order valence-electron chi connectivity index (χ2n) is 9.50. The van der Waals surface area contributed by atoms with Gasteiger partial charge in [-0.2, -0.15) is 9.29 Å². The summed E-state index contributed by atoms with van der Waals surface area (Å²) in [5, 5.41) is 6.34. The number of piperazine rings is 1. The van der Waals surface area contributed by atoms with Gasteiger partial charge in [0, 0.05) is 43.6 Å². The van der Waals surface area contributed by atoms with Crippen LogP contribution >= 0.6 is 0 Å². The maximum Gasteiger partial charge on any atom is 0.229 e. The van der Waals surface area contributed by atoms with Crippen LogP contribution in [0.5, 0.6) is 5.75 Å². The van der Waals surface area contributed by atoms with Crippen molar-refractivity contribution in [1.82, 2.24) is 14.3 Å². The molecule has 2 aliphatic carbocycles. The van der Waals surface area contributed by atoms with E-state index in [9.17, 15) is 13.2 Å². The largest absolute Gasteiger partial charge is 0.489 e. The Hall–Kier alpha value is -2.92. The summed E-state index contributed by atoms with van der Waals surface area (Å²) in [6.45, 7) is 3.56. The van der Waals surface area contributed by atoms with Crippen LogP contribution in [0.25, 0.3) is 0 Å². The predicted molar refractivity (Wildman–Crippen MR) is 129 cm³/mol. The van der Waals surface area contributed by atoms with Crippen molar-refractivity contribution in [3.63, 3.8) is 0 Å². The van der Waals surface area contributed by atoms with E-state index in [1.165, 1.54) is 6.92 Å². The highest BCUT2D eigenvalue weighted by atomic mass is 32.2. The average Bonchev–Trinajstić information content (AvgIpc) is 3.73. The van der Waals surface area contributed by atoms with Gasteiger partial charge in [0.1, 0.15) is 18.2 Å². The number of hydrogen-bond donors (Lipinski definition) is 2. The van der Waals surface area contributed by atoms with Crippen molar-refractivity contribution in [2.24, 2.45) is 0 Å². The summed E-state index contributed by atoms with van der Waals surface area (Å²) >= 11 is 0. The highest BCUT2D eigenvalue weighted by Gasteiger charge is 2.44. The summed E-state index contributed by atoms with van der Waals surface area (Å²) in [6, 6.07) is 6.21. The van der Waals surface area contributed by atoms with Crippen molar-refractivity contribution in [1.29, 1.82) is 0 Å². The van der Waals surface area contributed by atoms with Gasteiger partial charge >= 0.3 is 0 Å². The molecule has 2 N–H and O–H groups in total. The standard InChI is InChI=1S/C23H28N6O4S/c1-14(30)19-11-24-23(27-22(19)25-15-2-3-15)26-16-4-7-20-21(10-16)33-13-17-12-28(8-9-29(17)20)34(31,32)18-5-6-18/h4,7,10-11,15,17-18H,2-3,5-6,8-9,12-13H2,1H3,(H2,24,25,26,27)/t17-/m0/s1. The number of carbonyl (C=O) groups excluding carboxylic acids is 1. The van der Waals surface area contributed by atoms with Crippen LogP contribution < -0.4 is 20.3 Å². The molecule has 0 radical (unpaired) electrons. The molecule has 34 heavy (non-hydrogen) atoms. The van der Waals surface area contributed by atoms with Crippen molar-refractivity contribution in [3.05, 3.63) is 30.0 Å². The lowest BCUT2D eigenvalue weighted by Crippen LogP contribution is -2.58. The number of nitrogens with zero attached hydrogens (tertiary/aromatic N) is 4. The van der Waals surface area contributed by atoms with Gasteiger partial charge in [0.15, 0.2) is 5.78 Å². The van der Waals surface area contributed by atoms with Crippen molar-refractivity contribution in [2.75, 3.05) is 41.8 Å². The minimum Gasteiger partial charge on any atom is -0.489 e. The van der Waals surface area contributed by atoms with Crippen molar-refractivity contribution >= 4 is 38.9 Å². The molecule has 0 bridgehead atoms. The summed E-state index contributed by atoms with van der Waals surface area (Å²) in [6.07, 6.45) is 5.27. The third kappa shape index (κ3) is 4.07. The van der Waals surface area contributed by atoms with Crippen LogP contribution in [0.2, 0.25) is 0 Å². The van der Waals surface area contributed by atoms with E-state index >= 15 is 0 Å². The first-order chi connectivity index (χ1) is 16.4. The minimum atomic E-state index is -3.17. The molecule has 1 aromatic heterocycles. The lowest BCUT2D eigenvalue weighted by molar-refractivity contribution is 0.101. The maximum absolute atomic E-state index is 12.7. The topological polar surface area (TPSA) is 117 Å². The van der Waals surface area contributed by atoms with E-state index < -0.39 is 10.0 Å². The fourth-order valence-electron chi connectivity index (χ4n) is 4.59. The number of Topliss-reactive ketones (excluding diaryl/α,β-unsaturated/α-hetero) is 1. The van der Waals surface area contributed by atoms with E-state index in [2.05, 4.69) is 25.5 Å². The van der Waals surface area contributed by atoms with Gasteiger partial charge in [-0.15, -0.1) is 0 Å². The second-order valence-corrected chi connectivity index (χ2v) is 11.7. The molecule has 2 saturated carbocycles. The smallest absolute Gasteiger partial charge is 0.229 e. The summed E-state index contributed by atoms with van der Waals surface area (Å²) in [5.41, 5.74) is 2.23. The second kappa shape index (κ2) is 8.09. The molecule has 1 atom stereocenters. The van der Waals surface area contributed by atoms with E-state index in [0.717, 1.165) is 42.8 Å².